The van der Waals surface area contributed by atoms with Gasteiger partial charge >= 0.3 is 0 Å². The van der Waals surface area contributed by atoms with Gasteiger partial charge in [-0.25, -0.2) is 23.7 Å². The molecule has 0 aliphatic heterocycles. The van der Waals surface area contributed by atoms with Crippen molar-refractivity contribution in [1.29, 1.82) is 0 Å². The van der Waals surface area contributed by atoms with Crippen molar-refractivity contribution in [3.05, 3.63) is 35.1 Å². The van der Waals surface area contributed by atoms with Gasteiger partial charge in [-0.15, -0.1) is 0 Å². The maximum absolute atomic E-state index is 15.3. The second-order valence-electron chi connectivity index (χ2n) is 8.23. The Hall–Kier alpha value is -2.93. The van der Waals surface area contributed by atoms with Crippen molar-refractivity contribution in [1.82, 2.24) is 24.8 Å². The molecule has 0 radical (unpaired) electrons. The topological polar surface area (TPSA) is 108 Å². The van der Waals surface area contributed by atoms with Gasteiger partial charge in [-0.05, 0) is 20.3 Å². The van der Waals surface area contributed by atoms with Gasteiger partial charge in [0.05, 0.1) is 11.2 Å². The summed E-state index contributed by atoms with van der Waals surface area (Å²) in [5.41, 5.74) is -0.661. The molecule has 3 heterocycles. The predicted octanol–water partition coefficient (Wildman–Crippen LogP) is 3.87. The Balaban J connectivity index is 1.90. The Bertz CT molecular complexity index is 1270. The molecule has 0 spiro atoms. The summed E-state index contributed by atoms with van der Waals surface area (Å²) < 4.78 is 63.5. The summed E-state index contributed by atoms with van der Waals surface area (Å²) in [6.07, 6.45) is 1.65. The molecule has 3 rings (SSSR count). The smallest absolute Gasteiger partial charge is 0.287 e. The number of nitrogens with one attached hydrogen (secondary N) is 1. The standard InChI is InChI=1S/C21H23ClF3N5O4S/c1-21(2,5-6-35(4)32)29-18(31)17-28-12-9-27-20(15(25)16(12)30(17)3)34-19-13(33-10-14(23)24)7-11(22)8-26-19/h7-9,14H,5-6,10H2,1-4H3,(H,29,31). The molecule has 14 heteroatoms. The highest BCUT2D eigenvalue weighted by Gasteiger charge is 2.27. The van der Waals surface area contributed by atoms with Crippen molar-refractivity contribution in [3.63, 3.8) is 0 Å². The van der Waals surface area contributed by atoms with Gasteiger partial charge < -0.3 is 19.4 Å². The summed E-state index contributed by atoms with van der Waals surface area (Å²) in [6, 6.07) is 1.20. The van der Waals surface area contributed by atoms with Crippen LogP contribution in [-0.2, 0) is 17.8 Å². The fourth-order valence-electron chi connectivity index (χ4n) is 3.08. The van der Waals surface area contributed by atoms with Gasteiger partial charge in [0.25, 0.3) is 24.1 Å². The maximum atomic E-state index is 15.3. The van der Waals surface area contributed by atoms with Crippen LogP contribution in [0, 0.1) is 5.82 Å². The van der Waals surface area contributed by atoms with Crippen LogP contribution >= 0.6 is 11.6 Å². The van der Waals surface area contributed by atoms with Gasteiger partial charge in [-0.2, -0.15) is 4.39 Å². The van der Waals surface area contributed by atoms with Crippen LogP contribution in [0.25, 0.3) is 11.0 Å². The van der Waals surface area contributed by atoms with Crippen LogP contribution < -0.4 is 14.8 Å². The summed E-state index contributed by atoms with van der Waals surface area (Å²) in [5.74, 6) is -2.26. The van der Waals surface area contributed by atoms with Crippen LogP contribution in [0.1, 0.15) is 30.9 Å². The first-order valence-electron chi connectivity index (χ1n) is 10.3. The number of pyridine rings is 2. The minimum atomic E-state index is -2.76. The third kappa shape index (κ3) is 6.60. The summed E-state index contributed by atoms with van der Waals surface area (Å²) in [4.78, 5) is 24.8. The summed E-state index contributed by atoms with van der Waals surface area (Å²) in [6.45, 7) is 2.61. The Kier molecular flexibility index (Phi) is 8.21. The molecular weight excluding hydrogens is 511 g/mol. The SMILES string of the molecule is Cn1c(C(=O)NC(C)(C)CCS(C)=O)nc2cnc(Oc3ncc(Cl)cc3OCC(F)F)c(F)c21. The zero-order valence-electron chi connectivity index (χ0n) is 19.3. The monoisotopic (exact) mass is 533 g/mol. The molecular formula is C21H23ClF3N5O4S. The fourth-order valence-corrected chi connectivity index (χ4v) is 4.02. The highest BCUT2D eigenvalue weighted by Crippen LogP contribution is 2.34. The molecule has 0 saturated heterocycles. The zero-order valence-corrected chi connectivity index (χ0v) is 20.8. The van der Waals surface area contributed by atoms with Crippen LogP contribution in [-0.4, -0.2) is 60.2 Å². The molecule has 1 atom stereocenters. The minimum absolute atomic E-state index is 0.0726. The molecule has 0 saturated carbocycles. The Morgan fingerprint density at radius 2 is 1.97 bits per heavy atom. The molecule has 1 unspecified atom stereocenters. The minimum Gasteiger partial charge on any atom is -0.482 e. The highest BCUT2D eigenvalue weighted by atomic mass is 35.5. The molecule has 9 nitrogen and oxygen atoms in total. The molecule has 3 aromatic rings. The Morgan fingerprint density at radius 1 is 1.29 bits per heavy atom. The first-order chi connectivity index (χ1) is 16.4. The van der Waals surface area contributed by atoms with Crippen LogP contribution in [0.4, 0.5) is 13.2 Å². The van der Waals surface area contributed by atoms with Gasteiger partial charge in [0.1, 0.15) is 17.6 Å². The van der Waals surface area contributed by atoms with Crippen LogP contribution in [0.2, 0.25) is 5.02 Å². The van der Waals surface area contributed by atoms with E-state index in [0.29, 0.717) is 12.2 Å². The second kappa shape index (κ2) is 10.8. The van der Waals surface area contributed by atoms with E-state index in [9.17, 15) is 17.8 Å². The average Bonchev–Trinajstić information content (AvgIpc) is 3.11. The van der Waals surface area contributed by atoms with E-state index in [2.05, 4.69) is 20.3 Å². The number of ether oxygens (including phenoxy) is 2. The van der Waals surface area contributed by atoms with Gasteiger partial charge in [-0.1, -0.05) is 11.6 Å². The zero-order chi connectivity index (χ0) is 25.9. The fraction of sp³-hybridized carbons (Fsp3) is 0.429. The maximum Gasteiger partial charge on any atom is 0.287 e. The molecule has 0 fully saturated rings. The number of aromatic nitrogens is 4. The van der Waals surface area contributed by atoms with E-state index < -0.39 is 47.0 Å². The Labute approximate surface area is 206 Å². The molecule has 0 aromatic carbocycles. The lowest BCUT2D eigenvalue weighted by Crippen LogP contribution is -2.45. The molecule has 1 N–H and O–H groups in total. The van der Waals surface area contributed by atoms with Crippen LogP contribution in [0.3, 0.4) is 0 Å². The molecule has 3 aromatic heterocycles. The molecule has 0 aliphatic carbocycles. The van der Waals surface area contributed by atoms with Crippen LogP contribution in [0.5, 0.6) is 17.5 Å². The predicted molar refractivity (Wildman–Crippen MR) is 124 cm³/mol. The number of hydrogen-bond acceptors (Lipinski definition) is 7. The van der Waals surface area contributed by atoms with Gasteiger partial charge in [0, 0.05) is 47.7 Å². The van der Waals surface area contributed by atoms with E-state index >= 15 is 4.39 Å². The number of carbonyl (C=O) groups excluding carboxylic acids is 1. The number of amides is 1. The number of aryl methyl sites for hydroxylation is 1. The quantitative estimate of drug-likeness (QED) is 0.421. The number of hydrogen-bond donors (Lipinski definition) is 1. The number of rotatable bonds is 10. The lowest BCUT2D eigenvalue weighted by molar-refractivity contribution is 0.0803. The van der Waals surface area contributed by atoms with Crippen molar-refractivity contribution < 1.29 is 31.6 Å². The molecule has 0 bridgehead atoms. The lowest BCUT2D eigenvalue weighted by atomic mass is 10.0. The highest BCUT2D eigenvalue weighted by molar-refractivity contribution is 7.84. The van der Waals surface area contributed by atoms with Crippen molar-refractivity contribution in [2.45, 2.75) is 32.2 Å². The van der Waals surface area contributed by atoms with Gasteiger partial charge in [0.15, 0.2) is 11.6 Å². The van der Waals surface area contributed by atoms with E-state index in [1.54, 1.807) is 20.1 Å². The summed E-state index contributed by atoms with van der Waals surface area (Å²) in [7, 11) is 0.427. The van der Waals surface area contributed by atoms with E-state index in [4.69, 9.17) is 21.1 Å². The lowest BCUT2D eigenvalue weighted by Gasteiger charge is -2.25. The molecule has 0 aliphatic rings. The molecule has 35 heavy (non-hydrogen) atoms. The molecule has 1 amide bonds. The van der Waals surface area contributed by atoms with Crippen molar-refractivity contribution in [2.24, 2.45) is 7.05 Å². The number of carbonyl (C=O) groups is 1. The number of nitrogens with zero attached hydrogens (tertiary/aromatic N) is 4. The third-order valence-electron chi connectivity index (χ3n) is 4.83. The normalized spacial score (nSPS) is 12.7. The third-order valence-corrected chi connectivity index (χ3v) is 5.82. The van der Waals surface area contributed by atoms with Crippen LogP contribution in [0.15, 0.2) is 18.5 Å². The number of fused-ring (bicyclic) bond motifs is 1. The van der Waals surface area contributed by atoms with Gasteiger partial charge in [0.2, 0.25) is 5.82 Å². The largest absolute Gasteiger partial charge is 0.482 e. The number of imidazole rings is 1. The van der Waals surface area contributed by atoms with Gasteiger partial charge in [-0.3, -0.25) is 9.00 Å². The van der Waals surface area contributed by atoms with Crippen molar-refractivity contribution in [3.8, 4) is 17.5 Å². The summed E-state index contributed by atoms with van der Waals surface area (Å²) in [5, 5.41) is 2.91. The number of halogens is 4. The van der Waals surface area contributed by atoms with Crippen molar-refractivity contribution in [2.75, 3.05) is 18.6 Å². The van der Waals surface area contributed by atoms with E-state index in [0.717, 1.165) is 0 Å². The van der Waals surface area contributed by atoms with E-state index in [-0.39, 0.29) is 33.5 Å². The first-order valence-corrected chi connectivity index (χ1v) is 12.4. The number of alkyl halides is 2. The summed E-state index contributed by atoms with van der Waals surface area (Å²) >= 11 is 5.84. The van der Waals surface area contributed by atoms with Crippen molar-refractivity contribution >= 4 is 39.3 Å². The Morgan fingerprint density at radius 3 is 2.63 bits per heavy atom. The van der Waals surface area contributed by atoms with E-state index in [1.807, 2.05) is 0 Å². The molecule has 190 valence electrons. The van der Waals surface area contributed by atoms with E-state index in [1.165, 1.54) is 30.1 Å². The average molecular weight is 534 g/mol. The second-order valence-corrected chi connectivity index (χ2v) is 10.2. The first kappa shape index (κ1) is 26.7.